The number of carbonyl (C=O) groups excluding carboxylic acids is 1. The molecule has 2 N–H and O–H groups in total. The van der Waals surface area contributed by atoms with Crippen LogP contribution in [0.1, 0.15) is 65.4 Å². The van der Waals surface area contributed by atoms with Crippen LogP contribution in [0.3, 0.4) is 0 Å². The molecule has 4 heteroatoms. The first-order chi connectivity index (χ1) is 12.3. The highest BCUT2D eigenvalue weighted by atomic mass is 35.5. The van der Waals surface area contributed by atoms with E-state index in [9.17, 15) is 4.79 Å². The van der Waals surface area contributed by atoms with Gasteiger partial charge in [-0.2, -0.15) is 0 Å². The van der Waals surface area contributed by atoms with Crippen LogP contribution in [0.2, 0.25) is 5.02 Å². The smallest absolute Gasteiger partial charge is 0.248 e. The number of nitrogens with one attached hydrogen (secondary N) is 2. The summed E-state index contributed by atoms with van der Waals surface area (Å²) in [6, 6.07) is 7.51. The average Bonchev–Trinajstić information content (AvgIpc) is 2.57. The van der Waals surface area contributed by atoms with Gasteiger partial charge in [0.2, 0.25) is 5.91 Å². The molecule has 0 unspecified atom stereocenters. The third kappa shape index (κ3) is 4.76. The Morgan fingerprint density at radius 2 is 1.88 bits per heavy atom. The molecule has 2 rings (SSSR count). The fourth-order valence-corrected chi connectivity index (χ4v) is 3.72. The van der Waals surface area contributed by atoms with Gasteiger partial charge in [-0.3, -0.25) is 4.79 Å². The molecule has 0 radical (unpaired) electrons. The number of amides is 1. The van der Waals surface area contributed by atoms with Gasteiger partial charge >= 0.3 is 0 Å². The van der Waals surface area contributed by atoms with E-state index in [-0.39, 0.29) is 17.2 Å². The molecule has 0 spiro atoms. The maximum atomic E-state index is 13.0. The van der Waals surface area contributed by atoms with Crippen molar-refractivity contribution < 1.29 is 4.79 Å². The van der Waals surface area contributed by atoms with Crippen LogP contribution in [0.15, 0.2) is 35.4 Å². The standard InChI is InChI=1S/C22H31ClN2O/c1-5-7-18(20(24)22(4)12-6-13-22)19(15(2)3)21(26)25-14-16-8-10-17(23)11-9-16/h8-11,15,24H,5-7,12-14H2,1-4H3,(H,25,26)/b19-18+,24-20?. The summed E-state index contributed by atoms with van der Waals surface area (Å²) in [6.07, 6.45) is 5.01. The Balaban J connectivity index is 2.24. The van der Waals surface area contributed by atoms with E-state index in [2.05, 4.69) is 19.2 Å². The van der Waals surface area contributed by atoms with Gasteiger partial charge < -0.3 is 10.7 Å². The van der Waals surface area contributed by atoms with Crippen LogP contribution in [0.5, 0.6) is 0 Å². The monoisotopic (exact) mass is 374 g/mol. The molecule has 0 aliphatic heterocycles. The van der Waals surface area contributed by atoms with Crippen LogP contribution in [0.4, 0.5) is 0 Å². The van der Waals surface area contributed by atoms with E-state index < -0.39 is 0 Å². The van der Waals surface area contributed by atoms with Gasteiger partial charge in [0.05, 0.1) is 0 Å². The predicted molar refractivity (Wildman–Crippen MR) is 110 cm³/mol. The Morgan fingerprint density at radius 1 is 1.27 bits per heavy atom. The van der Waals surface area contributed by atoms with Crippen LogP contribution in [0.25, 0.3) is 0 Å². The fraction of sp³-hybridized carbons (Fsp3) is 0.545. The number of halogens is 1. The third-order valence-electron chi connectivity index (χ3n) is 5.38. The molecule has 142 valence electrons. The van der Waals surface area contributed by atoms with Crippen LogP contribution < -0.4 is 5.32 Å². The zero-order valence-corrected chi connectivity index (χ0v) is 17.2. The zero-order valence-electron chi connectivity index (χ0n) is 16.4. The van der Waals surface area contributed by atoms with Crippen LogP contribution >= 0.6 is 11.6 Å². The second-order valence-electron chi connectivity index (χ2n) is 7.90. The Labute approximate surface area is 162 Å². The summed E-state index contributed by atoms with van der Waals surface area (Å²) in [5, 5.41) is 12.5. The second kappa shape index (κ2) is 8.85. The molecule has 0 aromatic heterocycles. The molecule has 3 nitrogen and oxygen atoms in total. The fourth-order valence-electron chi connectivity index (χ4n) is 3.59. The molecule has 1 aliphatic carbocycles. The SMILES string of the molecule is CCC/C(C(=N)C1(C)CCC1)=C(\C(=O)NCc1ccc(Cl)cc1)C(C)C. The van der Waals surface area contributed by atoms with E-state index in [1.54, 1.807) is 0 Å². The number of benzene rings is 1. The van der Waals surface area contributed by atoms with Gasteiger partial charge in [0.15, 0.2) is 0 Å². The zero-order chi connectivity index (χ0) is 19.3. The number of carbonyl (C=O) groups is 1. The Morgan fingerprint density at radius 3 is 2.35 bits per heavy atom. The van der Waals surface area contributed by atoms with Gasteiger partial charge in [0, 0.05) is 28.3 Å². The number of hydrogen-bond donors (Lipinski definition) is 2. The third-order valence-corrected chi connectivity index (χ3v) is 5.63. The van der Waals surface area contributed by atoms with Gasteiger partial charge in [0.1, 0.15) is 0 Å². The Kier molecular flexibility index (Phi) is 7.05. The molecule has 0 heterocycles. The van der Waals surface area contributed by atoms with E-state index in [1.165, 1.54) is 6.42 Å². The van der Waals surface area contributed by atoms with Crippen molar-refractivity contribution >= 4 is 23.2 Å². The molecular formula is C22H31ClN2O. The van der Waals surface area contributed by atoms with E-state index >= 15 is 0 Å². The first kappa shape index (κ1) is 20.7. The van der Waals surface area contributed by atoms with Crippen molar-refractivity contribution in [3.8, 4) is 0 Å². The summed E-state index contributed by atoms with van der Waals surface area (Å²) in [5.74, 6) is 0.0388. The van der Waals surface area contributed by atoms with E-state index in [0.717, 1.165) is 42.4 Å². The van der Waals surface area contributed by atoms with Crippen molar-refractivity contribution in [2.45, 2.75) is 66.3 Å². The van der Waals surface area contributed by atoms with Crippen molar-refractivity contribution in [2.75, 3.05) is 0 Å². The summed E-state index contributed by atoms with van der Waals surface area (Å²) in [7, 11) is 0. The lowest BCUT2D eigenvalue weighted by molar-refractivity contribution is -0.118. The van der Waals surface area contributed by atoms with Crippen molar-refractivity contribution in [3.63, 3.8) is 0 Å². The van der Waals surface area contributed by atoms with Gasteiger partial charge in [0.25, 0.3) is 0 Å². The minimum atomic E-state index is -0.0545. The van der Waals surface area contributed by atoms with E-state index in [0.29, 0.717) is 17.3 Å². The summed E-state index contributed by atoms with van der Waals surface area (Å²) < 4.78 is 0. The number of hydrogen-bond acceptors (Lipinski definition) is 2. The highest BCUT2D eigenvalue weighted by molar-refractivity contribution is 6.30. The van der Waals surface area contributed by atoms with Crippen molar-refractivity contribution in [3.05, 3.63) is 46.0 Å². The minimum absolute atomic E-state index is 0.0499. The molecule has 0 saturated heterocycles. The molecule has 1 amide bonds. The Hall–Kier alpha value is -1.61. The maximum Gasteiger partial charge on any atom is 0.248 e. The van der Waals surface area contributed by atoms with Gasteiger partial charge in [-0.25, -0.2) is 0 Å². The molecule has 1 saturated carbocycles. The van der Waals surface area contributed by atoms with Crippen LogP contribution in [-0.2, 0) is 11.3 Å². The highest BCUT2D eigenvalue weighted by Crippen LogP contribution is 2.44. The highest BCUT2D eigenvalue weighted by Gasteiger charge is 2.38. The van der Waals surface area contributed by atoms with Gasteiger partial charge in [-0.05, 0) is 48.4 Å². The average molecular weight is 375 g/mol. The molecule has 0 bridgehead atoms. The normalized spacial score (nSPS) is 16.7. The molecule has 1 fully saturated rings. The predicted octanol–water partition coefficient (Wildman–Crippen LogP) is 5.92. The summed E-state index contributed by atoms with van der Waals surface area (Å²) in [4.78, 5) is 13.0. The summed E-state index contributed by atoms with van der Waals surface area (Å²) in [5.41, 5.74) is 3.37. The van der Waals surface area contributed by atoms with Crippen LogP contribution in [-0.4, -0.2) is 11.6 Å². The molecule has 26 heavy (non-hydrogen) atoms. The first-order valence-electron chi connectivity index (χ1n) is 9.63. The maximum absolute atomic E-state index is 13.0. The second-order valence-corrected chi connectivity index (χ2v) is 8.33. The first-order valence-corrected chi connectivity index (χ1v) is 10.0. The van der Waals surface area contributed by atoms with E-state index in [1.807, 2.05) is 38.1 Å². The van der Waals surface area contributed by atoms with Crippen molar-refractivity contribution in [2.24, 2.45) is 11.3 Å². The lowest BCUT2D eigenvalue weighted by Gasteiger charge is -2.40. The molecule has 1 aromatic rings. The summed E-state index contributed by atoms with van der Waals surface area (Å²) in [6.45, 7) is 8.83. The summed E-state index contributed by atoms with van der Waals surface area (Å²) >= 11 is 5.92. The number of allylic oxidation sites excluding steroid dienone is 1. The lowest BCUT2D eigenvalue weighted by Crippen LogP contribution is -2.38. The number of rotatable bonds is 8. The molecule has 0 atom stereocenters. The van der Waals surface area contributed by atoms with Crippen molar-refractivity contribution in [1.29, 1.82) is 5.41 Å². The van der Waals surface area contributed by atoms with Gasteiger partial charge in [-0.15, -0.1) is 0 Å². The van der Waals surface area contributed by atoms with Crippen LogP contribution in [0, 0.1) is 16.7 Å². The minimum Gasteiger partial charge on any atom is -0.348 e. The lowest BCUT2D eigenvalue weighted by atomic mass is 9.64. The topological polar surface area (TPSA) is 53.0 Å². The molecule has 1 aromatic carbocycles. The Bertz CT molecular complexity index is 685. The van der Waals surface area contributed by atoms with Crippen molar-refractivity contribution in [1.82, 2.24) is 5.32 Å². The quantitative estimate of drug-likeness (QED) is 0.430. The molecule has 1 aliphatic rings. The van der Waals surface area contributed by atoms with E-state index in [4.69, 9.17) is 17.0 Å². The van der Waals surface area contributed by atoms with Gasteiger partial charge in [-0.1, -0.05) is 64.3 Å². The largest absolute Gasteiger partial charge is 0.348 e. The molecular weight excluding hydrogens is 344 g/mol.